The summed E-state index contributed by atoms with van der Waals surface area (Å²) in [6.07, 6.45) is 8.38. The zero-order chi connectivity index (χ0) is 11.8. The lowest BCUT2D eigenvalue weighted by Gasteiger charge is -2.44. The fourth-order valence-electron chi connectivity index (χ4n) is 4.12. The Hall–Kier alpha value is -0.0700. The topological polar surface area (TPSA) is 0 Å². The van der Waals surface area contributed by atoms with Crippen LogP contribution in [-0.2, 0) is 0 Å². The fourth-order valence-corrected chi connectivity index (χ4v) is 4.12. The fraction of sp³-hybridized carbons (Fsp3) is 1.00. The maximum Gasteiger partial charge on any atom is 0.111 e. The predicted molar refractivity (Wildman–Crippen MR) is 67.1 cm³/mol. The second-order valence-corrected chi connectivity index (χ2v) is 6.79. The summed E-state index contributed by atoms with van der Waals surface area (Å²) < 4.78 is 14.7. The van der Waals surface area contributed by atoms with E-state index in [0.29, 0.717) is 17.8 Å². The molecule has 16 heavy (non-hydrogen) atoms. The van der Waals surface area contributed by atoms with Crippen LogP contribution in [0.4, 0.5) is 4.39 Å². The van der Waals surface area contributed by atoms with Gasteiger partial charge in [-0.05, 0) is 56.3 Å². The first-order valence-corrected chi connectivity index (χ1v) is 7.18. The molecule has 0 N–H and O–H groups in total. The second kappa shape index (κ2) is 4.66. The van der Waals surface area contributed by atoms with Crippen molar-refractivity contribution in [3.05, 3.63) is 0 Å². The number of hydrogen-bond donors (Lipinski definition) is 0. The first-order chi connectivity index (χ1) is 7.49. The van der Waals surface area contributed by atoms with Gasteiger partial charge in [0, 0.05) is 0 Å². The molecule has 0 aromatic heterocycles. The summed E-state index contributed by atoms with van der Waals surface area (Å²) in [6, 6.07) is 0. The van der Waals surface area contributed by atoms with Gasteiger partial charge in [0.1, 0.15) is 5.67 Å². The zero-order valence-corrected chi connectivity index (χ0v) is 11.1. The molecule has 1 heteroatoms. The lowest BCUT2D eigenvalue weighted by Crippen LogP contribution is -2.41. The van der Waals surface area contributed by atoms with Gasteiger partial charge in [0.2, 0.25) is 0 Å². The van der Waals surface area contributed by atoms with E-state index >= 15 is 0 Å². The van der Waals surface area contributed by atoms with Gasteiger partial charge >= 0.3 is 0 Å². The third kappa shape index (κ3) is 2.60. The maximum atomic E-state index is 14.7. The minimum Gasteiger partial charge on any atom is -0.244 e. The number of halogens is 1. The summed E-state index contributed by atoms with van der Waals surface area (Å²) in [5, 5.41) is 0. The summed E-state index contributed by atoms with van der Waals surface area (Å²) in [5.41, 5.74) is -0.886. The van der Waals surface area contributed by atoms with Gasteiger partial charge in [0.25, 0.3) is 0 Å². The Morgan fingerprint density at radius 2 is 1.44 bits per heavy atom. The van der Waals surface area contributed by atoms with Gasteiger partial charge in [-0.25, -0.2) is 4.39 Å². The first kappa shape index (κ1) is 12.4. The molecule has 0 spiro atoms. The first-order valence-electron chi connectivity index (χ1n) is 7.18. The summed E-state index contributed by atoms with van der Waals surface area (Å²) >= 11 is 0. The molecule has 0 radical (unpaired) electrons. The molecule has 0 aromatic rings. The van der Waals surface area contributed by atoms with Crippen molar-refractivity contribution in [1.82, 2.24) is 0 Å². The SMILES string of the molecule is CC1CCC(C2CCC(C)CC2(C)F)CC1. The largest absolute Gasteiger partial charge is 0.244 e. The van der Waals surface area contributed by atoms with Crippen LogP contribution in [0.2, 0.25) is 0 Å². The molecule has 94 valence electrons. The monoisotopic (exact) mass is 226 g/mol. The Balaban J connectivity index is 1.98. The molecule has 2 aliphatic rings. The average molecular weight is 226 g/mol. The van der Waals surface area contributed by atoms with Gasteiger partial charge in [-0.2, -0.15) is 0 Å². The van der Waals surface area contributed by atoms with Crippen molar-refractivity contribution in [3.8, 4) is 0 Å². The molecule has 0 saturated heterocycles. The van der Waals surface area contributed by atoms with E-state index in [1.807, 2.05) is 6.92 Å². The van der Waals surface area contributed by atoms with Crippen LogP contribution in [0.15, 0.2) is 0 Å². The number of rotatable bonds is 1. The molecule has 0 aromatic carbocycles. The molecular weight excluding hydrogens is 199 g/mol. The Kier molecular flexibility index (Phi) is 3.61. The van der Waals surface area contributed by atoms with Crippen molar-refractivity contribution >= 4 is 0 Å². The number of alkyl halides is 1. The van der Waals surface area contributed by atoms with E-state index in [1.54, 1.807) is 0 Å². The Bertz CT molecular complexity index is 226. The standard InChI is InChI=1S/C15H27F/c1-11-4-7-13(8-5-11)14-9-6-12(2)10-15(14,3)16/h11-14H,4-10H2,1-3H3. The van der Waals surface area contributed by atoms with E-state index in [0.717, 1.165) is 18.8 Å². The smallest absolute Gasteiger partial charge is 0.111 e. The Labute approximate surface area is 100 Å². The van der Waals surface area contributed by atoms with Crippen LogP contribution in [0.25, 0.3) is 0 Å². The number of hydrogen-bond acceptors (Lipinski definition) is 0. The van der Waals surface area contributed by atoms with Crippen LogP contribution in [0.1, 0.15) is 65.7 Å². The van der Waals surface area contributed by atoms with E-state index in [4.69, 9.17) is 0 Å². The normalized spacial score (nSPS) is 50.2. The van der Waals surface area contributed by atoms with E-state index in [2.05, 4.69) is 13.8 Å². The minimum absolute atomic E-state index is 0.358. The highest BCUT2D eigenvalue weighted by atomic mass is 19.1. The molecule has 0 heterocycles. The van der Waals surface area contributed by atoms with Crippen molar-refractivity contribution in [2.75, 3.05) is 0 Å². The molecule has 3 unspecified atom stereocenters. The Morgan fingerprint density at radius 3 is 2.00 bits per heavy atom. The van der Waals surface area contributed by atoms with Gasteiger partial charge < -0.3 is 0 Å². The molecule has 0 bridgehead atoms. The lowest BCUT2D eigenvalue weighted by atomic mass is 9.64. The van der Waals surface area contributed by atoms with E-state index in [9.17, 15) is 4.39 Å². The van der Waals surface area contributed by atoms with Crippen LogP contribution in [0.5, 0.6) is 0 Å². The van der Waals surface area contributed by atoms with Crippen molar-refractivity contribution in [2.45, 2.75) is 71.4 Å². The van der Waals surface area contributed by atoms with Gasteiger partial charge in [0.05, 0.1) is 0 Å². The molecule has 0 aliphatic heterocycles. The quantitative estimate of drug-likeness (QED) is 0.591. The lowest BCUT2D eigenvalue weighted by molar-refractivity contribution is -0.0128. The third-order valence-corrected chi connectivity index (χ3v) is 5.12. The summed E-state index contributed by atoms with van der Waals surface area (Å²) in [4.78, 5) is 0. The molecule has 3 atom stereocenters. The van der Waals surface area contributed by atoms with Gasteiger partial charge in [-0.15, -0.1) is 0 Å². The predicted octanol–water partition coefficient (Wildman–Crippen LogP) is 4.98. The molecule has 2 rings (SSSR count). The maximum absolute atomic E-state index is 14.7. The molecule has 2 fully saturated rings. The van der Waals surface area contributed by atoms with E-state index in [-0.39, 0.29) is 0 Å². The highest BCUT2D eigenvalue weighted by Gasteiger charge is 2.43. The van der Waals surface area contributed by atoms with Gasteiger partial charge in [-0.1, -0.05) is 33.1 Å². The van der Waals surface area contributed by atoms with E-state index in [1.165, 1.54) is 32.1 Å². The second-order valence-electron chi connectivity index (χ2n) is 6.79. The summed E-state index contributed by atoms with van der Waals surface area (Å²) in [7, 11) is 0. The van der Waals surface area contributed by atoms with E-state index < -0.39 is 5.67 Å². The van der Waals surface area contributed by atoms with Crippen LogP contribution >= 0.6 is 0 Å². The van der Waals surface area contributed by atoms with Gasteiger partial charge in [0.15, 0.2) is 0 Å². The molecule has 2 saturated carbocycles. The average Bonchev–Trinajstić information content (AvgIpc) is 2.18. The van der Waals surface area contributed by atoms with Crippen molar-refractivity contribution in [1.29, 1.82) is 0 Å². The van der Waals surface area contributed by atoms with Gasteiger partial charge in [-0.3, -0.25) is 0 Å². The minimum atomic E-state index is -0.886. The molecule has 2 aliphatic carbocycles. The van der Waals surface area contributed by atoms with Crippen LogP contribution in [0.3, 0.4) is 0 Å². The molecule has 0 amide bonds. The Morgan fingerprint density at radius 1 is 0.875 bits per heavy atom. The summed E-state index contributed by atoms with van der Waals surface area (Å²) in [5.74, 6) is 2.51. The van der Waals surface area contributed by atoms with Crippen LogP contribution in [0, 0.1) is 23.7 Å². The van der Waals surface area contributed by atoms with Crippen molar-refractivity contribution in [2.24, 2.45) is 23.7 Å². The summed E-state index contributed by atoms with van der Waals surface area (Å²) in [6.45, 7) is 6.41. The third-order valence-electron chi connectivity index (χ3n) is 5.12. The highest BCUT2D eigenvalue weighted by Crippen LogP contribution is 2.47. The zero-order valence-electron chi connectivity index (χ0n) is 11.1. The van der Waals surface area contributed by atoms with Crippen LogP contribution in [-0.4, -0.2) is 5.67 Å². The molecular formula is C15H27F. The van der Waals surface area contributed by atoms with Crippen molar-refractivity contribution < 1.29 is 4.39 Å². The van der Waals surface area contributed by atoms with Crippen LogP contribution < -0.4 is 0 Å². The highest BCUT2D eigenvalue weighted by molar-refractivity contribution is 4.93. The molecule has 0 nitrogen and oxygen atoms in total. The van der Waals surface area contributed by atoms with Crippen molar-refractivity contribution in [3.63, 3.8) is 0 Å².